The molecule has 0 unspecified atom stereocenters. The number of anilines is 1. The zero-order chi connectivity index (χ0) is 18.1. The number of piperidine rings is 1. The van der Waals surface area contributed by atoms with Gasteiger partial charge in [0, 0.05) is 13.1 Å². The molecule has 8 heteroatoms. The van der Waals surface area contributed by atoms with E-state index in [-0.39, 0.29) is 21.7 Å². The number of aromatic nitrogens is 1. The van der Waals surface area contributed by atoms with Gasteiger partial charge in [0.25, 0.3) is 5.89 Å². The lowest BCUT2D eigenvalue weighted by Gasteiger charge is -2.26. The summed E-state index contributed by atoms with van der Waals surface area (Å²) < 4.78 is 50.5. The smallest absolute Gasteiger partial charge is 0.266 e. The monoisotopic (exact) mass is 376 g/mol. The molecule has 0 amide bonds. The lowest BCUT2D eigenvalue weighted by Crippen LogP contribution is -2.30. The molecule has 0 atom stereocenters. The fourth-order valence-electron chi connectivity index (χ4n) is 3.00. The molecule has 3 heterocycles. The topological polar surface area (TPSA) is 76.5 Å². The number of benzene rings is 1. The van der Waals surface area contributed by atoms with Crippen molar-refractivity contribution in [2.45, 2.75) is 29.2 Å². The van der Waals surface area contributed by atoms with Crippen LogP contribution in [0.25, 0.3) is 11.7 Å². The number of nitrogens with zero attached hydrogens (tertiary/aromatic N) is 2. The van der Waals surface area contributed by atoms with Gasteiger partial charge in [0.2, 0.25) is 20.7 Å². The number of hydrogen-bond acceptors (Lipinski definition) is 6. The van der Waals surface area contributed by atoms with E-state index in [0.29, 0.717) is 18.8 Å². The maximum Gasteiger partial charge on any atom is 0.266 e. The van der Waals surface area contributed by atoms with Crippen LogP contribution in [0.4, 0.5) is 10.3 Å². The molecule has 1 aromatic carbocycles. The summed E-state index contributed by atoms with van der Waals surface area (Å²) in [4.78, 5) is 6.07. The Morgan fingerprint density at radius 2 is 1.77 bits per heavy atom. The number of rotatable bonds is 4. The van der Waals surface area contributed by atoms with Gasteiger partial charge in [-0.1, -0.05) is 0 Å². The molecule has 1 aliphatic rings. The summed E-state index contributed by atoms with van der Waals surface area (Å²) in [5.74, 6) is 0.164. The van der Waals surface area contributed by atoms with Gasteiger partial charge in [-0.3, -0.25) is 0 Å². The third-order valence-corrected chi connectivity index (χ3v) is 6.00. The molecule has 0 radical (unpaired) electrons. The van der Waals surface area contributed by atoms with Crippen molar-refractivity contribution in [3.8, 4) is 11.7 Å². The Hall–Kier alpha value is -2.61. The Labute approximate surface area is 150 Å². The molecular weight excluding hydrogens is 359 g/mol. The highest BCUT2D eigenvalue weighted by Gasteiger charge is 2.32. The molecule has 1 aliphatic heterocycles. The van der Waals surface area contributed by atoms with Gasteiger partial charge in [-0.15, -0.1) is 0 Å². The van der Waals surface area contributed by atoms with E-state index in [9.17, 15) is 12.8 Å². The van der Waals surface area contributed by atoms with E-state index >= 15 is 0 Å². The van der Waals surface area contributed by atoms with Crippen molar-refractivity contribution >= 4 is 15.7 Å². The molecular formula is C18H17FN2O4S. The summed E-state index contributed by atoms with van der Waals surface area (Å²) >= 11 is 0. The molecule has 0 aliphatic carbocycles. The Balaban J connectivity index is 1.84. The molecule has 0 saturated carbocycles. The molecule has 1 fully saturated rings. The largest absolute Gasteiger partial charge is 0.459 e. The van der Waals surface area contributed by atoms with Gasteiger partial charge in [-0.2, -0.15) is 4.98 Å². The van der Waals surface area contributed by atoms with Crippen molar-refractivity contribution in [3.05, 3.63) is 48.5 Å². The van der Waals surface area contributed by atoms with Crippen LogP contribution in [0.15, 0.2) is 61.4 Å². The predicted octanol–water partition coefficient (Wildman–Crippen LogP) is 3.90. The van der Waals surface area contributed by atoms with Crippen molar-refractivity contribution < 1.29 is 21.6 Å². The van der Waals surface area contributed by atoms with Crippen LogP contribution in [0.5, 0.6) is 0 Å². The first-order valence-corrected chi connectivity index (χ1v) is 9.84. The van der Waals surface area contributed by atoms with Gasteiger partial charge < -0.3 is 13.7 Å². The van der Waals surface area contributed by atoms with Crippen LogP contribution >= 0.6 is 0 Å². The molecule has 2 aromatic heterocycles. The lowest BCUT2D eigenvalue weighted by molar-refractivity contribution is 0.483. The molecule has 6 nitrogen and oxygen atoms in total. The third kappa shape index (κ3) is 3.01. The first-order chi connectivity index (χ1) is 12.6. The Kier molecular flexibility index (Phi) is 4.28. The maximum absolute atomic E-state index is 13.2. The van der Waals surface area contributed by atoms with Crippen LogP contribution in [0.1, 0.15) is 19.3 Å². The van der Waals surface area contributed by atoms with Crippen LogP contribution in [0.3, 0.4) is 0 Å². The van der Waals surface area contributed by atoms with Gasteiger partial charge in [-0.25, -0.2) is 12.8 Å². The first kappa shape index (κ1) is 16.8. The molecule has 26 heavy (non-hydrogen) atoms. The second-order valence-corrected chi connectivity index (χ2v) is 7.98. The molecule has 1 saturated heterocycles. The highest BCUT2D eigenvalue weighted by atomic mass is 32.2. The minimum absolute atomic E-state index is 0.0311. The number of halogens is 1. The average molecular weight is 376 g/mol. The van der Waals surface area contributed by atoms with Gasteiger partial charge >= 0.3 is 0 Å². The van der Waals surface area contributed by atoms with E-state index < -0.39 is 15.7 Å². The Morgan fingerprint density at radius 1 is 1.04 bits per heavy atom. The van der Waals surface area contributed by atoms with Crippen LogP contribution in [0.2, 0.25) is 0 Å². The van der Waals surface area contributed by atoms with Gasteiger partial charge in [-0.05, 0) is 55.7 Å². The maximum atomic E-state index is 13.2. The minimum Gasteiger partial charge on any atom is -0.459 e. The van der Waals surface area contributed by atoms with E-state index in [0.717, 1.165) is 31.4 Å². The summed E-state index contributed by atoms with van der Waals surface area (Å²) in [6.45, 7) is 1.39. The molecule has 0 N–H and O–H groups in total. The highest BCUT2D eigenvalue weighted by Crippen LogP contribution is 2.35. The average Bonchev–Trinajstić information content (AvgIpc) is 3.33. The molecule has 136 valence electrons. The summed E-state index contributed by atoms with van der Waals surface area (Å²) in [5.41, 5.74) is 0. The van der Waals surface area contributed by atoms with E-state index in [2.05, 4.69) is 4.98 Å². The minimum atomic E-state index is -3.96. The second-order valence-electron chi connectivity index (χ2n) is 6.11. The zero-order valence-corrected chi connectivity index (χ0v) is 14.7. The predicted molar refractivity (Wildman–Crippen MR) is 92.1 cm³/mol. The fourth-order valence-corrected chi connectivity index (χ4v) is 4.32. The number of furan rings is 1. The number of sulfone groups is 1. The van der Waals surface area contributed by atoms with E-state index in [1.54, 1.807) is 12.1 Å². The van der Waals surface area contributed by atoms with Crippen LogP contribution in [-0.2, 0) is 9.84 Å². The third-order valence-electron chi connectivity index (χ3n) is 4.33. The number of oxazole rings is 1. The quantitative estimate of drug-likeness (QED) is 0.643. The van der Waals surface area contributed by atoms with E-state index in [4.69, 9.17) is 8.83 Å². The standard InChI is InChI=1S/C18H17FN2O4S/c19-13-6-8-14(9-7-13)26(22,23)17-18(21-10-2-1-3-11-21)25-16(20-17)15-5-4-12-24-15/h4-9,12H,1-3,10-11H2. The van der Waals surface area contributed by atoms with Crippen molar-refractivity contribution in [3.63, 3.8) is 0 Å². The second kappa shape index (κ2) is 6.60. The highest BCUT2D eigenvalue weighted by molar-refractivity contribution is 7.91. The number of hydrogen-bond donors (Lipinski definition) is 0. The van der Waals surface area contributed by atoms with Crippen molar-refractivity contribution in [1.82, 2.24) is 4.98 Å². The van der Waals surface area contributed by atoms with Crippen LogP contribution < -0.4 is 4.90 Å². The van der Waals surface area contributed by atoms with Gasteiger partial charge in [0.15, 0.2) is 5.76 Å². The molecule has 0 bridgehead atoms. The summed E-state index contributed by atoms with van der Waals surface area (Å²) in [6.07, 6.45) is 4.46. The van der Waals surface area contributed by atoms with Crippen molar-refractivity contribution in [1.29, 1.82) is 0 Å². The summed E-state index contributed by atoms with van der Waals surface area (Å²) in [5, 5.41) is -0.169. The molecule has 4 rings (SSSR count). The van der Waals surface area contributed by atoms with Crippen molar-refractivity contribution in [2.24, 2.45) is 0 Å². The van der Waals surface area contributed by atoms with E-state index in [1.165, 1.54) is 18.4 Å². The normalized spacial score (nSPS) is 15.3. The van der Waals surface area contributed by atoms with Crippen LogP contribution in [-0.4, -0.2) is 26.5 Å². The summed E-state index contributed by atoms with van der Waals surface area (Å²) in [6, 6.07) is 8.01. The Morgan fingerprint density at radius 3 is 2.42 bits per heavy atom. The zero-order valence-electron chi connectivity index (χ0n) is 13.9. The lowest BCUT2D eigenvalue weighted by atomic mass is 10.1. The SMILES string of the molecule is O=S(=O)(c1ccc(F)cc1)c1nc(-c2ccco2)oc1N1CCCCC1. The molecule has 0 spiro atoms. The van der Waals surface area contributed by atoms with E-state index in [1.807, 2.05) is 4.90 Å². The van der Waals surface area contributed by atoms with Gasteiger partial charge in [0.05, 0.1) is 11.2 Å². The summed E-state index contributed by atoms with van der Waals surface area (Å²) in [7, 11) is -3.96. The van der Waals surface area contributed by atoms with Gasteiger partial charge in [0.1, 0.15) is 5.82 Å². The first-order valence-electron chi connectivity index (χ1n) is 8.36. The van der Waals surface area contributed by atoms with Crippen LogP contribution in [0, 0.1) is 5.82 Å². The Bertz CT molecular complexity index is 989. The molecule has 3 aromatic rings. The fraction of sp³-hybridized carbons (Fsp3) is 0.278. The van der Waals surface area contributed by atoms with Crippen molar-refractivity contribution in [2.75, 3.05) is 18.0 Å².